The quantitative estimate of drug-likeness (QED) is 0.378. The smallest absolute Gasteiger partial charge is 0.191 e. The van der Waals surface area contributed by atoms with Gasteiger partial charge in [0.15, 0.2) is 5.96 Å². The van der Waals surface area contributed by atoms with Crippen molar-refractivity contribution in [3.8, 4) is 11.8 Å². The highest BCUT2D eigenvalue weighted by Gasteiger charge is 2.16. The number of nitrogen functional groups attached to an aromatic ring is 1. The Kier molecular flexibility index (Phi) is 7.68. The summed E-state index contributed by atoms with van der Waals surface area (Å²) >= 11 is 0. The molecule has 0 saturated heterocycles. The van der Waals surface area contributed by atoms with Gasteiger partial charge in [-0.05, 0) is 45.2 Å². The van der Waals surface area contributed by atoms with Crippen molar-refractivity contribution >= 4 is 11.8 Å². The van der Waals surface area contributed by atoms with Crippen molar-refractivity contribution in [1.82, 2.24) is 20.4 Å². The van der Waals surface area contributed by atoms with Crippen LogP contribution in [0.4, 0.5) is 5.82 Å². The number of aryl methyl sites for hydroxylation is 1. The Morgan fingerprint density at radius 1 is 1.33 bits per heavy atom. The van der Waals surface area contributed by atoms with Gasteiger partial charge < -0.3 is 16.4 Å². The van der Waals surface area contributed by atoms with E-state index in [2.05, 4.69) is 40.6 Å². The van der Waals surface area contributed by atoms with E-state index in [1.165, 1.54) is 0 Å². The van der Waals surface area contributed by atoms with Crippen LogP contribution in [0, 0.1) is 11.3 Å². The molecule has 0 radical (unpaired) electrons. The lowest BCUT2D eigenvalue weighted by molar-refractivity contribution is 0.623. The Bertz CT molecular complexity index is 787. The fourth-order valence-electron chi connectivity index (χ4n) is 2.63. The molecule has 0 amide bonds. The molecule has 0 saturated carbocycles. The predicted octanol–water partition coefficient (Wildman–Crippen LogP) is 2.61. The number of nitrogens with two attached hydrogens (primary N) is 1. The monoisotopic (exact) mass is 367 g/mol. The average molecular weight is 368 g/mol. The number of benzene rings is 1. The minimum Gasteiger partial charge on any atom is -0.382 e. The van der Waals surface area contributed by atoms with Crippen molar-refractivity contribution in [2.75, 3.05) is 18.8 Å². The van der Waals surface area contributed by atoms with Gasteiger partial charge >= 0.3 is 0 Å². The lowest BCUT2D eigenvalue weighted by Gasteiger charge is -2.16. The van der Waals surface area contributed by atoms with Gasteiger partial charge in [-0.3, -0.25) is 4.99 Å². The Morgan fingerprint density at radius 2 is 2.07 bits per heavy atom. The van der Waals surface area contributed by atoms with E-state index >= 15 is 0 Å². The van der Waals surface area contributed by atoms with E-state index in [0.717, 1.165) is 31.0 Å². The molecule has 0 aliphatic heterocycles. The summed E-state index contributed by atoms with van der Waals surface area (Å²) < 4.78 is 1.63. The molecule has 1 aromatic carbocycles. The first-order valence-corrected chi connectivity index (χ1v) is 9.48. The minimum atomic E-state index is 0.370. The number of nitrogens with one attached hydrogen (secondary N) is 2. The summed E-state index contributed by atoms with van der Waals surface area (Å²) in [5.74, 6) is 1.20. The number of nitrogens with zero attached hydrogens (tertiary/aromatic N) is 4. The van der Waals surface area contributed by atoms with Gasteiger partial charge in [-0.2, -0.15) is 10.4 Å². The summed E-state index contributed by atoms with van der Waals surface area (Å²) in [5, 5.41) is 20.6. The molecule has 7 heteroatoms. The van der Waals surface area contributed by atoms with E-state index in [9.17, 15) is 5.26 Å². The van der Waals surface area contributed by atoms with E-state index < -0.39 is 0 Å². The maximum atomic E-state index is 9.47. The first-order valence-electron chi connectivity index (χ1n) is 9.48. The number of hydrogen-bond donors (Lipinski definition) is 3. The fraction of sp³-hybridized carbons (Fsp3) is 0.450. The molecule has 0 fully saturated rings. The van der Waals surface area contributed by atoms with Crippen molar-refractivity contribution in [1.29, 1.82) is 5.26 Å². The van der Waals surface area contributed by atoms with Crippen LogP contribution in [0.15, 0.2) is 35.3 Å². The number of para-hydroxylation sites is 1. The number of nitriles is 1. The van der Waals surface area contributed by atoms with Crippen LogP contribution in [0.5, 0.6) is 0 Å². The molecule has 1 atom stereocenters. The molecule has 144 valence electrons. The number of aliphatic imine (C=N–C) groups is 1. The van der Waals surface area contributed by atoms with Crippen LogP contribution in [0.3, 0.4) is 0 Å². The maximum absolute atomic E-state index is 9.47. The Morgan fingerprint density at radius 3 is 2.70 bits per heavy atom. The van der Waals surface area contributed by atoms with Crippen LogP contribution in [0.2, 0.25) is 0 Å². The Hall–Kier alpha value is -3.01. The SMILES string of the molecule is CCNC(=NCCCc1nn(-c2ccccc2)c(N)c1C#N)NC(C)CC. The van der Waals surface area contributed by atoms with Crippen LogP contribution >= 0.6 is 0 Å². The number of guanidine groups is 1. The fourth-order valence-corrected chi connectivity index (χ4v) is 2.63. The molecule has 7 nitrogen and oxygen atoms in total. The van der Waals surface area contributed by atoms with E-state index in [1.807, 2.05) is 37.3 Å². The summed E-state index contributed by atoms with van der Waals surface area (Å²) in [6, 6.07) is 12.2. The zero-order valence-corrected chi connectivity index (χ0v) is 16.4. The van der Waals surface area contributed by atoms with Gasteiger partial charge in [0.25, 0.3) is 0 Å². The number of rotatable bonds is 8. The summed E-state index contributed by atoms with van der Waals surface area (Å²) in [6.07, 6.45) is 2.47. The van der Waals surface area contributed by atoms with Crippen molar-refractivity contribution < 1.29 is 0 Å². The Labute approximate surface area is 161 Å². The molecule has 1 aromatic heterocycles. The van der Waals surface area contributed by atoms with Gasteiger partial charge in [0.05, 0.1) is 11.4 Å². The van der Waals surface area contributed by atoms with E-state index in [-0.39, 0.29) is 0 Å². The van der Waals surface area contributed by atoms with Gasteiger partial charge in [-0.15, -0.1) is 0 Å². The van der Waals surface area contributed by atoms with Gasteiger partial charge in [-0.25, -0.2) is 4.68 Å². The molecule has 4 N–H and O–H groups in total. The molecule has 2 rings (SSSR count). The van der Waals surface area contributed by atoms with E-state index in [0.29, 0.717) is 36.1 Å². The number of aromatic nitrogens is 2. The molecular weight excluding hydrogens is 338 g/mol. The number of anilines is 1. The van der Waals surface area contributed by atoms with E-state index in [1.54, 1.807) is 4.68 Å². The summed E-state index contributed by atoms with van der Waals surface area (Å²) in [4.78, 5) is 4.61. The molecule has 0 spiro atoms. The van der Waals surface area contributed by atoms with Gasteiger partial charge in [0.2, 0.25) is 0 Å². The van der Waals surface area contributed by atoms with Crippen LogP contribution in [0.1, 0.15) is 44.9 Å². The van der Waals surface area contributed by atoms with Gasteiger partial charge in [0, 0.05) is 19.1 Å². The summed E-state index contributed by atoms with van der Waals surface area (Å²) in [5.41, 5.74) is 8.16. The topological polar surface area (TPSA) is 104 Å². The second-order valence-electron chi connectivity index (χ2n) is 6.38. The third kappa shape index (κ3) is 5.48. The summed E-state index contributed by atoms with van der Waals surface area (Å²) in [7, 11) is 0. The highest BCUT2D eigenvalue weighted by atomic mass is 15.3. The minimum absolute atomic E-state index is 0.370. The van der Waals surface area contributed by atoms with Crippen LogP contribution in [-0.2, 0) is 6.42 Å². The third-order valence-electron chi connectivity index (χ3n) is 4.29. The third-order valence-corrected chi connectivity index (χ3v) is 4.29. The highest BCUT2D eigenvalue weighted by molar-refractivity contribution is 5.80. The lowest BCUT2D eigenvalue weighted by atomic mass is 10.1. The molecule has 0 aliphatic rings. The molecule has 0 bridgehead atoms. The van der Waals surface area contributed by atoms with Crippen LogP contribution in [-0.4, -0.2) is 34.9 Å². The molecule has 1 unspecified atom stereocenters. The van der Waals surface area contributed by atoms with Crippen molar-refractivity contribution in [3.63, 3.8) is 0 Å². The zero-order valence-electron chi connectivity index (χ0n) is 16.4. The average Bonchev–Trinajstić information content (AvgIpc) is 3.01. The molecular formula is C20H29N7. The van der Waals surface area contributed by atoms with E-state index in [4.69, 9.17) is 5.73 Å². The van der Waals surface area contributed by atoms with Crippen LogP contribution in [0.25, 0.3) is 5.69 Å². The van der Waals surface area contributed by atoms with Crippen LogP contribution < -0.4 is 16.4 Å². The van der Waals surface area contributed by atoms with Crippen molar-refractivity contribution in [2.24, 2.45) is 4.99 Å². The van der Waals surface area contributed by atoms with Crippen molar-refractivity contribution in [3.05, 3.63) is 41.6 Å². The highest BCUT2D eigenvalue weighted by Crippen LogP contribution is 2.21. The zero-order chi connectivity index (χ0) is 19.6. The first-order chi connectivity index (χ1) is 13.1. The first kappa shape index (κ1) is 20.3. The van der Waals surface area contributed by atoms with Gasteiger partial charge in [-0.1, -0.05) is 25.1 Å². The standard InChI is InChI=1S/C20H29N7/c1-4-15(3)25-20(23-5-2)24-13-9-12-18-17(14-21)19(22)27(26-18)16-10-7-6-8-11-16/h6-8,10-11,15H,4-5,9,12-13,22H2,1-3H3,(H2,23,24,25). The molecule has 1 heterocycles. The molecule has 0 aliphatic carbocycles. The lowest BCUT2D eigenvalue weighted by Crippen LogP contribution is -2.42. The number of hydrogen-bond acceptors (Lipinski definition) is 4. The second kappa shape index (κ2) is 10.2. The summed E-state index contributed by atoms with van der Waals surface area (Å²) in [6.45, 7) is 7.78. The molecule has 2 aromatic rings. The predicted molar refractivity (Wildman–Crippen MR) is 110 cm³/mol. The second-order valence-corrected chi connectivity index (χ2v) is 6.38. The molecule has 27 heavy (non-hydrogen) atoms. The Balaban J connectivity index is 2.05. The maximum Gasteiger partial charge on any atom is 0.191 e. The van der Waals surface area contributed by atoms with Gasteiger partial charge in [0.1, 0.15) is 17.5 Å². The largest absolute Gasteiger partial charge is 0.382 e. The normalized spacial score (nSPS) is 12.4. The van der Waals surface area contributed by atoms with Crippen molar-refractivity contribution in [2.45, 2.75) is 46.1 Å².